The van der Waals surface area contributed by atoms with Crippen molar-refractivity contribution in [2.24, 2.45) is 0 Å². The van der Waals surface area contributed by atoms with E-state index in [0.717, 1.165) is 21.9 Å². The maximum absolute atomic E-state index is 13.0. The molecule has 3 aromatic rings. The van der Waals surface area contributed by atoms with Gasteiger partial charge in [0, 0.05) is 18.7 Å². The van der Waals surface area contributed by atoms with Gasteiger partial charge in [-0.25, -0.2) is 0 Å². The summed E-state index contributed by atoms with van der Waals surface area (Å²) in [6.45, 7) is 0. The van der Waals surface area contributed by atoms with E-state index in [1.165, 1.54) is 0 Å². The van der Waals surface area contributed by atoms with Crippen molar-refractivity contribution in [2.75, 3.05) is 6.16 Å². The van der Waals surface area contributed by atoms with Crippen LogP contribution >= 0.6 is 7.37 Å². The van der Waals surface area contributed by atoms with Gasteiger partial charge >= 0.3 is 5.97 Å². The number of carboxylic acids is 1. The minimum absolute atomic E-state index is 0.0652. The molecule has 28 heavy (non-hydrogen) atoms. The van der Waals surface area contributed by atoms with Gasteiger partial charge in [-0.15, -0.1) is 0 Å². The molecule has 2 atom stereocenters. The maximum atomic E-state index is 13.0. The van der Waals surface area contributed by atoms with Crippen molar-refractivity contribution in [3.63, 3.8) is 0 Å². The largest absolute Gasteiger partial charge is 0.481 e. The first kappa shape index (κ1) is 20.3. The third kappa shape index (κ3) is 5.54. The van der Waals surface area contributed by atoms with E-state index in [-0.39, 0.29) is 24.7 Å². The van der Waals surface area contributed by atoms with Crippen molar-refractivity contribution >= 4 is 24.1 Å². The first-order chi connectivity index (χ1) is 13.4. The Hall–Kier alpha value is -2.42. The molecule has 2 N–H and O–H groups in total. The van der Waals surface area contributed by atoms with Crippen LogP contribution in [0.2, 0.25) is 0 Å². The lowest BCUT2D eigenvalue weighted by molar-refractivity contribution is -0.137. The fourth-order valence-electron chi connectivity index (χ4n) is 3.73. The molecule has 3 aromatic carbocycles. The van der Waals surface area contributed by atoms with Gasteiger partial charge in [0.25, 0.3) is 0 Å². The van der Waals surface area contributed by atoms with Crippen molar-refractivity contribution < 1.29 is 19.4 Å². The number of hydrogen-bond donors (Lipinski definition) is 2. The third-order valence-electron chi connectivity index (χ3n) is 4.98. The summed E-state index contributed by atoms with van der Waals surface area (Å²) < 4.78 is 13.0. The fourth-order valence-corrected chi connectivity index (χ4v) is 5.71. The van der Waals surface area contributed by atoms with Gasteiger partial charge in [0.1, 0.15) is 0 Å². The lowest BCUT2D eigenvalue weighted by Gasteiger charge is -2.22. The zero-order valence-electron chi connectivity index (χ0n) is 15.7. The zero-order chi connectivity index (χ0) is 20.0. The van der Waals surface area contributed by atoms with Crippen molar-refractivity contribution in [3.8, 4) is 0 Å². The van der Waals surface area contributed by atoms with Crippen molar-refractivity contribution in [1.29, 1.82) is 0 Å². The Balaban J connectivity index is 1.88. The molecule has 0 aliphatic rings. The summed E-state index contributed by atoms with van der Waals surface area (Å²) in [5, 5.41) is 11.1. The maximum Gasteiger partial charge on any atom is 0.303 e. The predicted octanol–water partition coefficient (Wildman–Crippen LogP) is 5.65. The standard InChI is InChI=1S/C23H25O4P/c24-23(25)15-7-12-20(17-28(26,27)16-18-8-2-1-3-9-18)22-14-6-11-19-10-4-5-13-21(19)22/h1-6,8-11,13-14,20H,7,12,15-17H2,(H,24,25)(H,26,27). The number of carbonyl (C=O) groups is 1. The van der Waals surface area contributed by atoms with E-state index >= 15 is 0 Å². The average Bonchev–Trinajstić information content (AvgIpc) is 2.67. The van der Waals surface area contributed by atoms with Crippen LogP contribution in [0, 0.1) is 0 Å². The van der Waals surface area contributed by atoms with Gasteiger partial charge < -0.3 is 10.00 Å². The van der Waals surface area contributed by atoms with Crippen LogP contribution in [-0.2, 0) is 15.5 Å². The molecule has 146 valence electrons. The molecule has 0 aliphatic heterocycles. The van der Waals surface area contributed by atoms with E-state index in [4.69, 9.17) is 5.11 Å². The van der Waals surface area contributed by atoms with Crippen LogP contribution in [0.15, 0.2) is 72.8 Å². The molecule has 0 bridgehead atoms. The van der Waals surface area contributed by atoms with Crippen molar-refractivity contribution in [2.45, 2.75) is 31.3 Å². The lowest BCUT2D eigenvalue weighted by atomic mass is 9.91. The summed E-state index contributed by atoms with van der Waals surface area (Å²) in [5.74, 6) is -1.00. The first-order valence-electron chi connectivity index (χ1n) is 9.49. The van der Waals surface area contributed by atoms with Gasteiger partial charge in [-0.1, -0.05) is 72.8 Å². The van der Waals surface area contributed by atoms with Crippen LogP contribution in [0.25, 0.3) is 10.8 Å². The quantitative estimate of drug-likeness (QED) is 0.459. The summed E-state index contributed by atoms with van der Waals surface area (Å²) in [5.41, 5.74) is 1.86. The second-order valence-electron chi connectivity index (χ2n) is 7.22. The Labute approximate surface area is 165 Å². The van der Waals surface area contributed by atoms with E-state index in [0.29, 0.717) is 12.8 Å². The molecular weight excluding hydrogens is 371 g/mol. The molecule has 5 heteroatoms. The molecule has 4 nitrogen and oxygen atoms in total. The Kier molecular flexibility index (Phi) is 6.66. The van der Waals surface area contributed by atoms with E-state index in [1.54, 1.807) is 0 Å². The van der Waals surface area contributed by atoms with E-state index in [9.17, 15) is 14.3 Å². The number of carboxylic acid groups (broad SMARTS) is 1. The molecule has 0 heterocycles. The molecular formula is C23H25O4P. The zero-order valence-corrected chi connectivity index (χ0v) is 16.6. The lowest BCUT2D eigenvalue weighted by Crippen LogP contribution is -2.09. The van der Waals surface area contributed by atoms with Gasteiger partial charge in [-0.3, -0.25) is 9.36 Å². The summed E-state index contributed by atoms with van der Waals surface area (Å²) in [6.07, 6.45) is 1.40. The van der Waals surface area contributed by atoms with E-state index < -0.39 is 13.3 Å². The summed E-state index contributed by atoms with van der Waals surface area (Å²) in [6, 6.07) is 23.3. The topological polar surface area (TPSA) is 74.6 Å². The molecule has 2 unspecified atom stereocenters. The molecule has 0 aliphatic carbocycles. The van der Waals surface area contributed by atoms with Crippen LogP contribution in [0.4, 0.5) is 0 Å². The molecule has 3 rings (SSSR count). The van der Waals surface area contributed by atoms with Crippen molar-refractivity contribution in [3.05, 3.63) is 83.9 Å². The summed E-state index contributed by atoms with van der Waals surface area (Å²) in [4.78, 5) is 21.7. The summed E-state index contributed by atoms with van der Waals surface area (Å²) >= 11 is 0. The van der Waals surface area contributed by atoms with Crippen molar-refractivity contribution in [1.82, 2.24) is 0 Å². The van der Waals surface area contributed by atoms with Gasteiger partial charge in [0.2, 0.25) is 7.37 Å². The highest BCUT2D eigenvalue weighted by Crippen LogP contribution is 2.49. The average molecular weight is 396 g/mol. The van der Waals surface area contributed by atoms with E-state index in [2.05, 4.69) is 0 Å². The van der Waals surface area contributed by atoms with Crippen LogP contribution in [0.3, 0.4) is 0 Å². The minimum Gasteiger partial charge on any atom is -0.481 e. The Morgan fingerprint density at radius 3 is 2.36 bits per heavy atom. The van der Waals surface area contributed by atoms with E-state index in [1.807, 2.05) is 72.8 Å². The molecule has 0 amide bonds. The molecule has 0 spiro atoms. The number of hydrogen-bond acceptors (Lipinski definition) is 2. The van der Waals surface area contributed by atoms with Gasteiger partial charge in [0.15, 0.2) is 0 Å². The SMILES string of the molecule is O=C(O)CCCC(CP(=O)(O)Cc1ccccc1)c1cccc2ccccc12. The monoisotopic (exact) mass is 396 g/mol. The van der Waals surface area contributed by atoms with Gasteiger partial charge in [0.05, 0.1) is 0 Å². The second kappa shape index (κ2) is 9.18. The minimum atomic E-state index is -3.43. The van der Waals surface area contributed by atoms with Crippen LogP contribution in [0.1, 0.15) is 36.3 Å². The number of fused-ring (bicyclic) bond motifs is 1. The summed E-state index contributed by atoms with van der Waals surface area (Å²) in [7, 11) is -3.43. The van der Waals surface area contributed by atoms with Crippen LogP contribution in [0.5, 0.6) is 0 Å². The number of benzene rings is 3. The number of rotatable bonds is 9. The van der Waals surface area contributed by atoms with Gasteiger partial charge in [-0.05, 0) is 40.7 Å². The molecule has 0 saturated heterocycles. The highest BCUT2D eigenvalue weighted by Gasteiger charge is 2.26. The highest BCUT2D eigenvalue weighted by atomic mass is 31.2. The highest BCUT2D eigenvalue weighted by molar-refractivity contribution is 7.57. The third-order valence-corrected chi connectivity index (χ3v) is 6.86. The smallest absolute Gasteiger partial charge is 0.303 e. The second-order valence-corrected chi connectivity index (χ2v) is 9.60. The normalized spacial score (nSPS) is 14.5. The first-order valence-corrected chi connectivity index (χ1v) is 11.5. The molecule has 0 aromatic heterocycles. The Morgan fingerprint density at radius 1 is 0.929 bits per heavy atom. The fraction of sp³-hybridized carbons (Fsp3) is 0.261. The van der Waals surface area contributed by atoms with Crippen LogP contribution in [-0.4, -0.2) is 22.1 Å². The Morgan fingerprint density at radius 2 is 1.61 bits per heavy atom. The molecule has 0 saturated carbocycles. The van der Waals surface area contributed by atoms with Crippen LogP contribution < -0.4 is 0 Å². The number of aliphatic carboxylic acids is 1. The van der Waals surface area contributed by atoms with Gasteiger partial charge in [-0.2, -0.15) is 0 Å². The Bertz CT molecular complexity index is 979. The predicted molar refractivity (Wildman–Crippen MR) is 113 cm³/mol. The molecule has 0 radical (unpaired) electrons. The molecule has 0 fully saturated rings.